The molecule has 1 aromatic heterocycles. The van der Waals surface area contributed by atoms with Crippen molar-refractivity contribution in [2.45, 2.75) is 19.3 Å². The van der Waals surface area contributed by atoms with E-state index in [-0.39, 0.29) is 5.91 Å². The third-order valence-electron chi connectivity index (χ3n) is 4.73. The van der Waals surface area contributed by atoms with E-state index in [1.165, 1.54) is 19.4 Å². The van der Waals surface area contributed by atoms with Gasteiger partial charge in [-0.2, -0.15) is 0 Å². The highest BCUT2D eigenvalue weighted by molar-refractivity contribution is 9.10. The molecule has 0 saturated carbocycles. The van der Waals surface area contributed by atoms with Gasteiger partial charge in [0.15, 0.2) is 0 Å². The number of amides is 1. The van der Waals surface area contributed by atoms with Crippen LogP contribution in [0.3, 0.4) is 0 Å². The molecular formula is C20H26BrN3O2. The van der Waals surface area contributed by atoms with Crippen molar-refractivity contribution in [1.82, 2.24) is 15.2 Å². The topological polar surface area (TPSA) is 57.4 Å². The van der Waals surface area contributed by atoms with Crippen LogP contribution in [0.25, 0.3) is 0 Å². The van der Waals surface area contributed by atoms with Crippen molar-refractivity contribution >= 4 is 21.8 Å². The third-order valence-corrected chi connectivity index (χ3v) is 5.35. The van der Waals surface area contributed by atoms with Crippen LogP contribution in [0.4, 0.5) is 0 Å². The SMILES string of the molecule is CN1CCCC(COc2ccc(CCNC(=O)c3ccc[nH]3)cc2Br)C1. The van der Waals surface area contributed by atoms with Gasteiger partial charge in [0.2, 0.25) is 0 Å². The zero-order valence-electron chi connectivity index (χ0n) is 15.1. The Morgan fingerprint density at radius 3 is 3.04 bits per heavy atom. The van der Waals surface area contributed by atoms with Gasteiger partial charge in [-0.05, 0) is 78.6 Å². The summed E-state index contributed by atoms with van der Waals surface area (Å²) in [6.45, 7) is 3.65. The molecule has 0 spiro atoms. The Morgan fingerprint density at radius 1 is 1.42 bits per heavy atom. The van der Waals surface area contributed by atoms with Crippen molar-refractivity contribution in [1.29, 1.82) is 0 Å². The molecular weight excluding hydrogens is 394 g/mol. The number of rotatable bonds is 7. The van der Waals surface area contributed by atoms with Gasteiger partial charge < -0.3 is 19.9 Å². The van der Waals surface area contributed by atoms with Crippen LogP contribution in [0, 0.1) is 5.92 Å². The molecule has 2 aromatic rings. The number of likely N-dealkylation sites (tertiary alicyclic amines) is 1. The number of nitrogens with zero attached hydrogens (tertiary/aromatic N) is 1. The Morgan fingerprint density at radius 2 is 2.31 bits per heavy atom. The lowest BCUT2D eigenvalue weighted by Crippen LogP contribution is -2.34. The summed E-state index contributed by atoms with van der Waals surface area (Å²) in [6, 6.07) is 9.73. The number of hydrogen-bond acceptors (Lipinski definition) is 3. The number of halogens is 1. The molecule has 1 unspecified atom stereocenters. The summed E-state index contributed by atoms with van der Waals surface area (Å²) < 4.78 is 6.99. The van der Waals surface area contributed by atoms with Gasteiger partial charge >= 0.3 is 0 Å². The van der Waals surface area contributed by atoms with Crippen LogP contribution in [0.1, 0.15) is 28.9 Å². The summed E-state index contributed by atoms with van der Waals surface area (Å²) in [5.41, 5.74) is 1.75. The van der Waals surface area contributed by atoms with Crippen LogP contribution in [0.5, 0.6) is 5.75 Å². The van der Waals surface area contributed by atoms with E-state index in [0.29, 0.717) is 18.2 Å². The van der Waals surface area contributed by atoms with E-state index in [2.05, 4.69) is 50.3 Å². The van der Waals surface area contributed by atoms with Gasteiger partial charge in [0.25, 0.3) is 5.91 Å². The van der Waals surface area contributed by atoms with Crippen LogP contribution in [0.15, 0.2) is 41.0 Å². The maximum absolute atomic E-state index is 11.9. The molecule has 2 N–H and O–H groups in total. The average Bonchev–Trinajstić information content (AvgIpc) is 3.16. The number of ether oxygens (including phenoxy) is 1. The first kappa shape index (κ1) is 19.0. The largest absolute Gasteiger partial charge is 0.492 e. The molecule has 5 nitrogen and oxygen atoms in total. The second-order valence-corrected chi connectivity index (χ2v) is 7.79. The van der Waals surface area contributed by atoms with Gasteiger partial charge in [0.1, 0.15) is 11.4 Å². The number of nitrogens with one attached hydrogen (secondary N) is 2. The smallest absolute Gasteiger partial charge is 0.267 e. The summed E-state index contributed by atoms with van der Waals surface area (Å²) in [4.78, 5) is 17.2. The van der Waals surface area contributed by atoms with Gasteiger partial charge in [-0.15, -0.1) is 0 Å². The lowest BCUT2D eigenvalue weighted by molar-refractivity contribution is 0.0950. The number of H-pyrrole nitrogens is 1. The third kappa shape index (κ3) is 5.35. The zero-order valence-corrected chi connectivity index (χ0v) is 16.7. The Balaban J connectivity index is 1.45. The first-order valence-corrected chi connectivity index (χ1v) is 9.92. The zero-order chi connectivity index (χ0) is 18.4. The van der Waals surface area contributed by atoms with E-state index >= 15 is 0 Å². The number of carbonyl (C=O) groups is 1. The minimum atomic E-state index is -0.0773. The maximum Gasteiger partial charge on any atom is 0.267 e. The lowest BCUT2D eigenvalue weighted by atomic mass is 9.99. The number of piperidine rings is 1. The van der Waals surface area contributed by atoms with Gasteiger partial charge in [0.05, 0.1) is 11.1 Å². The predicted molar refractivity (Wildman–Crippen MR) is 107 cm³/mol. The van der Waals surface area contributed by atoms with Gasteiger partial charge in [-0.25, -0.2) is 0 Å². The highest BCUT2D eigenvalue weighted by atomic mass is 79.9. The number of hydrogen-bond donors (Lipinski definition) is 2. The number of benzene rings is 1. The Labute approximate surface area is 163 Å². The van der Waals surface area contributed by atoms with Crippen molar-refractivity contribution in [3.05, 3.63) is 52.3 Å². The standard InChI is InChI=1S/C20H26BrN3O2/c1-24-11-3-4-16(13-24)14-26-19-7-6-15(12-17(19)21)8-10-23-20(25)18-5-2-9-22-18/h2,5-7,9,12,16,22H,3-4,8,10-11,13-14H2,1H3,(H,23,25). The second-order valence-electron chi connectivity index (χ2n) is 6.94. The van der Waals surface area contributed by atoms with E-state index < -0.39 is 0 Å². The first-order chi connectivity index (χ1) is 12.6. The first-order valence-electron chi connectivity index (χ1n) is 9.13. The molecule has 1 saturated heterocycles. The molecule has 0 aliphatic carbocycles. The minimum absolute atomic E-state index is 0.0773. The van der Waals surface area contributed by atoms with Gasteiger partial charge in [-0.1, -0.05) is 6.07 Å². The summed E-state index contributed by atoms with van der Waals surface area (Å²) in [6.07, 6.45) is 5.01. The van der Waals surface area contributed by atoms with Gasteiger partial charge in [0, 0.05) is 25.2 Å². The summed E-state index contributed by atoms with van der Waals surface area (Å²) in [5, 5.41) is 2.92. The van der Waals surface area contributed by atoms with Crippen LogP contribution < -0.4 is 10.1 Å². The van der Waals surface area contributed by atoms with Crippen molar-refractivity contribution < 1.29 is 9.53 Å². The lowest BCUT2D eigenvalue weighted by Gasteiger charge is -2.29. The highest BCUT2D eigenvalue weighted by Gasteiger charge is 2.18. The molecule has 2 heterocycles. The summed E-state index contributed by atoms with van der Waals surface area (Å²) >= 11 is 3.61. The number of aromatic nitrogens is 1. The van der Waals surface area contributed by atoms with Crippen LogP contribution in [-0.2, 0) is 6.42 Å². The summed E-state index contributed by atoms with van der Waals surface area (Å²) in [5.74, 6) is 1.41. The molecule has 1 amide bonds. The maximum atomic E-state index is 11.9. The molecule has 3 rings (SSSR count). The average molecular weight is 420 g/mol. The van der Waals surface area contributed by atoms with E-state index in [0.717, 1.165) is 35.4 Å². The van der Waals surface area contributed by atoms with E-state index in [1.54, 1.807) is 12.3 Å². The molecule has 1 atom stereocenters. The molecule has 0 bridgehead atoms. The Bertz CT molecular complexity index is 718. The van der Waals surface area contributed by atoms with Crippen LogP contribution in [-0.4, -0.2) is 49.1 Å². The molecule has 0 radical (unpaired) electrons. The second kappa shape index (κ2) is 9.24. The molecule has 1 aromatic carbocycles. The highest BCUT2D eigenvalue weighted by Crippen LogP contribution is 2.27. The fourth-order valence-corrected chi connectivity index (χ4v) is 3.86. The van der Waals surface area contributed by atoms with Crippen LogP contribution in [0.2, 0.25) is 0 Å². The molecule has 1 fully saturated rings. The number of carbonyl (C=O) groups excluding carboxylic acids is 1. The monoisotopic (exact) mass is 419 g/mol. The van der Waals surface area contributed by atoms with Crippen molar-refractivity contribution in [3.8, 4) is 5.75 Å². The van der Waals surface area contributed by atoms with E-state index in [1.807, 2.05) is 12.1 Å². The molecule has 26 heavy (non-hydrogen) atoms. The molecule has 140 valence electrons. The predicted octanol–water partition coefficient (Wildman–Crippen LogP) is 3.47. The number of aromatic amines is 1. The van der Waals surface area contributed by atoms with E-state index in [9.17, 15) is 4.79 Å². The van der Waals surface area contributed by atoms with Crippen LogP contribution >= 0.6 is 15.9 Å². The molecule has 6 heteroatoms. The molecule has 1 aliphatic rings. The molecule has 1 aliphatic heterocycles. The summed E-state index contributed by atoms with van der Waals surface area (Å²) in [7, 11) is 2.17. The Hall–Kier alpha value is -1.79. The minimum Gasteiger partial charge on any atom is -0.492 e. The van der Waals surface area contributed by atoms with Crippen molar-refractivity contribution in [2.75, 3.05) is 33.3 Å². The van der Waals surface area contributed by atoms with Crippen molar-refractivity contribution in [2.24, 2.45) is 5.92 Å². The van der Waals surface area contributed by atoms with Crippen molar-refractivity contribution in [3.63, 3.8) is 0 Å². The quantitative estimate of drug-likeness (QED) is 0.721. The van der Waals surface area contributed by atoms with Gasteiger partial charge in [-0.3, -0.25) is 4.79 Å². The Kier molecular flexibility index (Phi) is 6.74. The normalized spacial score (nSPS) is 17.8. The van der Waals surface area contributed by atoms with E-state index in [4.69, 9.17) is 4.74 Å². The fraction of sp³-hybridized carbons (Fsp3) is 0.450. The fourth-order valence-electron chi connectivity index (χ4n) is 3.32.